The summed E-state index contributed by atoms with van der Waals surface area (Å²) in [5.41, 5.74) is -1.53. The highest BCUT2D eigenvalue weighted by Gasteiger charge is 2.41. The first-order valence-electron chi connectivity index (χ1n) is 20.9. The lowest BCUT2D eigenvalue weighted by atomic mass is 9.78. The van der Waals surface area contributed by atoms with Gasteiger partial charge >= 0.3 is 10.4 Å². The van der Waals surface area contributed by atoms with Gasteiger partial charge in [-0.1, -0.05) is 194 Å². The Labute approximate surface area is 304 Å². The van der Waals surface area contributed by atoms with Crippen LogP contribution >= 0.6 is 0 Å². The fraction of sp³-hybridized carbons (Fsp3) is 0.951. The van der Waals surface area contributed by atoms with Gasteiger partial charge in [0.15, 0.2) is 0 Å². The molecule has 0 aromatic carbocycles. The molecular weight excluding hydrogens is 637 g/mol. The van der Waals surface area contributed by atoms with E-state index in [2.05, 4.69) is 18.0 Å². The molecule has 0 aromatic rings. The van der Waals surface area contributed by atoms with E-state index < -0.39 is 35.6 Å². The molecule has 0 spiro atoms. The van der Waals surface area contributed by atoms with Gasteiger partial charge in [0.05, 0.1) is 19.8 Å². The molecule has 1 N–H and O–H groups in total. The largest absolute Gasteiger partial charge is 0.399 e. The number of unbranched alkanes of at least 4 members (excludes halogenated alkanes) is 28. The third kappa shape index (κ3) is 29.4. The van der Waals surface area contributed by atoms with Crippen LogP contribution in [-0.4, -0.2) is 44.9 Å². The first-order chi connectivity index (χ1) is 23.7. The number of carbonyl (C=O) groups excluding carboxylic acids is 2. The van der Waals surface area contributed by atoms with E-state index in [1.165, 1.54) is 148 Å². The third-order valence-corrected chi connectivity index (χ3v) is 10.9. The van der Waals surface area contributed by atoms with Crippen LogP contribution in [0.25, 0.3) is 0 Å². The van der Waals surface area contributed by atoms with Crippen LogP contribution in [0.3, 0.4) is 0 Å². The minimum Gasteiger partial charge on any atom is -0.394 e. The quantitative estimate of drug-likeness (QED) is 0.0497. The van der Waals surface area contributed by atoms with Gasteiger partial charge in [-0.05, 0) is 19.8 Å². The molecule has 0 heterocycles. The number of Topliss-reactive ketones (excluding diaryl/α,β-unsaturated/α-hetero) is 2. The topological polar surface area (TPSA) is 107 Å². The van der Waals surface area contributed by atoms with Crippen molar-refractivity contribution in [3.63, 3.8) is 0 Å². The molecule has 0 unspecified atom stereocenters. The molecule has 0 radical (unpaired) electrons. The van der Waals surface area contributed by atoms with Crippen LogP contribution in [0.15, 0.2) is 0 Å². The van der Waals surface area contributed by atoms with Gasteiger partial charge in [-0.3, -0.25) is 9.59 Å². The average molecular weight is 717 g/mol. The maximum Gasteiger partial charge on any atom is 0.399 e. The van der Waals surface area contributed by atoms with Gasteiger partial charge in [0.25, 0.3) is 0 Å². The second kappa shape index (κ2) is 34.3. The van der Waals surface area contributed by atoms with Gasteiger partial charge in [0, 0.05) is 12.8 Å². The van der Waals surface area contributed by atoms with Crippen molar-refractivity contribution in [3.8, 4) is 0 Å². The minimum absolute atomic E-state index is 0.236. The van der Waals surface area contributed by atoms with Crippen molar-refractivity contribution in [2.24, 2.45) is 5.41 Å². The van der Waals surface area contributed by atoms with E-state index >= 15 is 0 Å². The fourth-order valence-electron chi connectivity index (χ4n) is 6.55. The molecule has 8 heteroatoms. The van der Waals surface area contributed by atoms with Crippen LogP contribution in [0.1, 0.15) is 226 Å². The van der Waals surface area contributed by atoms with Crippen LogP contribution in [0.4, 0.5) is 0 Å². The van der Waals surface area contributed by atoms with Gasteiger partial charge in [-0.2, -0.15) is 8.42 Å². The molecule has 0 rings (SSSR count). The van der Waals surface area contributed by atoms with Crippen molar-refractivity contribution in [2.45, 2.75) is 226 Å². The van der Waals surface area contributed by atoms with Crippen LogP contribution in [0.2, 0.25) is 0 Å². The summed E-state index contributed by atoms with van der Waals surface area (Å²) in [5.74, 6) is -0.518. The normalized spacial score (nSPS) is 12.2. The molecule has 0 bridgehead atoms. The first kappa shape index (κ1) is 48.2. The highest BCUT2D eigenvalue weighted by atomic mass is 32.3. The number of hydrogen-bond acceptors (Lipinski definition) is 7. The number of carbonyl (C=O) groups is 2. The molecule has 0 aliphatic carbocycles. The maximum atomic E-state index is 13.4. The zero-order chi connectivity index (χ0) is 36.3. The number of rotatable bonds is 40. The standard InChI is InChI=1S/C41H80O7S/c1-4-6-8-10-12-14-16-18-20-22-24-26-28-30-32-34-39(43)41(3,38-48-49(45,46)47-37-36-42)40(44)35-33-31-29-27-25-23-21-19-17-15-13-11-9-7-5-2/h42H,4-38H2,1-3H3. The highest BCUT2D eigenvalue weighted by Crippen LogP contribution is 2.28. The van der Waals surface area contributed by atoms with Crippen molar-refractivity contribution in [3.05, 3.63) is 0 Å². The lowest BCUT2D eigenvalue weighted by Gasteiger charge is -2.26. The van der Waals surface area contributed by atoms with Crippen LogP contribution < -0.4 is 0 Å². The number of aliphatic hydroxyl groups is 1. The van der Waals surface area contributed by atoms with Crippen LogP contribution in [0, 0.1) is 5.41 Å². The van der Waals surface area contributed by atoms with Gasteiger partial charge in [-0.15, -0.1) is 0 Å². The van der Waals surface area contributed by atoms with E-state index in [9.17, 15) is 18.0 Å². The predicted molar refractivity (Wildman–Crippen MR) is 205 cm³/mol. The first-order valence-corrected chi connectivity index (χ1v) is 22.3. The maximum absolute atomic E-state index is 13.4. The Morgan fingerprint density at radius 1 is 0.469 bits per heavy atom. The summed E-state index contributed by atoms with van der Waals surface area (Å²) in [6.07, 6.45) is 37.4. The Hall–Kier alpha value is -0.830. The van der Waals surface area contributed by atoms with Gasteiger partial charge in [0.1, 0.15) is 17.0 Å². The summed E-state index contributed by atoms with van der Waals surface area (Å²) >= 11 is 0. The Morgan fingerprint density at radius 2 is 0.735 bits per heavy atom. The molecule has 0 saturated carbocycles. The van der Waals surface area contributed by atoms with E-state index in [0.29, 0.717) is 12.8 Å². The molecule has 0 aliphatic heterocycles. The monoisotopic (exact) mass is 717 g/mol. The molecule has 49 heavy (non-hydrogen) atoms. The van der Waals surface area contributed by atoms with E-state index in [-0.39, 0.29) is 24.4 Å². The molecule has 0 fully saturated rings. The SMILES string of the molecule is CCCCCCCCCCCCCCCCCC(=O)C(C)(COS(=O)(=O)OCCO)C(=O)CCCCCCCCCCCCCCCCC. The Kier molecular flexibility index (Phi) is 33.7. The Morgan fingerprint density at radius 3 is 1.00 bits per heavy atom. The molecule has 7 nitrogen and oxygen atoms in total. The van der Waals surface area contributed by atoms with E-state index in [0.717, 1.165) is 38.5 Å². The summed E-state index contributed by atoms with van der Waals surface area (Å²) in [6, 6.07) is 0. The summed E-state index contributed by atoms with van der Waals surface area (Å²) < 4.78 is 33.8. The molecule has 0 amide bonds. The van der Waals surface area contributed by atoms with Gasteiger partial charge in [0.2, 0.25) is 0 Å². The lowest BCUT2D eigenvalue weighted by molar-refractivity contribution is -0.142. The smallest absolute Gasteiger partial charge is 0.394 e. The van der Waals surface area contributed by atoms with E-state index in [1.807, 2.05) is 0 Å². The summed E-state index contributed by atoms with van der Waals surface area (Å²) in [6.45, 7) is 4.57. The third-order valence-electron chi connectivity index (χ3n) is 10.1. The lowest BCUT2D eigenvalue weighted by Crippen LogP contribution is -2.41. The van der Waals surface area contributed by atoms with Gasteiger partial charge in [-0.25, -0.2) is 8.37 Å². The molecule has 0 atom stereocenters. The Bertz CT molecular complexity index is 812. The highest BCUT2D eigenvalue weighted by molar-refractivity contribution is 7.81. The average Bonchev–Trinajstić information content (AvgIpc) is 3.09. The van der Waals surface area contributed by atoms with Crippen molar-refractivity contribution in [1.82, 2.24) is 0 Å². The summed E-state index contributed by atoms with van der Waals surface area (Å²) in [4.78, 5) is 26.7. The summed E-state index contributed by atoms with van der Waals surface area (Å²) in [5, 5.41) is 8.91. The van der Waals surface area contributed by atoms with Crippen molar-refractivity contribution in [1.29, 1.82) is 0 Å². The second-order valence-electron chi connectivity index (χ2n) is 14.8. The molecule has 0 aliphatic rings. The molecule has 292 valence electrons. The zero-order valence-electron chi connectivity index (χ0n) is 32.6. The molecule has 0 aromatic heterocycles. The number of aliphatic hydroxyl groups excluding tert-OH is 1. The zero-order valence-corrected chi connectivity index (χ0v) is 33.4. The fourth-order valence-corrected chi connectivity index (χ4v) is 7.27. The Balaban J connectivity index is 4.34. The second-order valence-corrected chi connectivity index (χ2v) is 16.1. The van der Waals surface area contributed by atoms with Crippen LogP contribution in [-0.2, 0) is 28.4 Å². The van der Waals surface area contributed by atoms with Crippen molar-refractivity contribution in [2.75, 3.05) is 19.8 Å². The van der Waals surface area contributed by atoms with Crippen molar-refractivity contribution < 1.29 is 31.5 Å². The minimum atomic E-state index is -4.41. The van der Waals surface area contributed by atoms with E-state index in [1.54, 1.807) is 0 Å². The molecular formula is C41H80O7S. The molecule has 0 saturated heterocycles. The van der Waals surface area contributed by atoms with Crippen molar-refractivity contribution >= 4 is 22.0 Å². The number of hydrogen-bond donors (Lipinski definition) is 1. The number of ketones is 2. The van der Waals surface area contributed by atoms with E-state index in [4.69, 9.17) is 9.29 Å². The van der Waals surface area contributed by atoms with Gasteiger partial charge < -0.3 is 5.11 Å². The van der Waals surface area contributed by atoms with Crippen LogP contribution in [0.5, 0.6) is 0 Å². The predicted octanol–water partition coefficient (Wildman–Crippen LogP) is 11.9. The summed E-state index contributed by atoms with van der Waals surface area (Å²) in [7, 11) is -4.41.